The molecule has 2 N–H and O–H groups in total. The second-order valence-corrected chi connectivity index (χ2v) is 6.01. The Bertz CT molecular complexity index is 549. The summed E-state index contributed by atoms with van der Waals surface area (Å²) in [7, 11) is 1.81. The van der Waals surface area contributed by atoms with Crippen molar-refractivity contribution in [3.8, 4) is 0 Å². The molecule has 2 fully saturated rings. The number of urea groups is 1. The van der Waals surface area contributed by atoms with Crippen LogP contribution in [0.4, 0.5) is 16.6 Å². The van der Waals surface area contributed by atoms with Crippen LogP contribution in [0.3, 0.4) is 0 Å². The number of anilines is 2. The van der Waals surface area contributed by atoms with Crippen LogP contribution >= 0.6 is 0 Å². The van der Waals surface area contributed by atoms with E-state index in [1.54, 1.807) is 24.2 Å². The van der Waals surface area contributed by atoms with Crippen molar-refractivity contribution in [1.82, 2.24) is 19.8 Å². The van der Waals surface area contributed by atoms with Crippen molar-refractivity contribution in [2.24, 2.45) is 0 Å². The lowest BCUT2D eigenvalue weighted by molar-refractivity contribution is 0.121. The van der Waals surface area contributed by atoms with Gasteiger partial charge < -0.3 is 25.1 Å². The number of rotatable bonds is 2. The third kappa shape index (κ3) is 3.64. The molecule has 2 saturated heterocycles. The highest BCUT2D eigenvalue weighted by Crippen LogP contribution is 2.16. The van der Waals surface area contributed by atoms with E-state index in [1.165, 1.54) is 0 Å². The zero-order valence-electron chi connectivity index (χ0n) is 13.5. The highest BCUT2D eigenvalue weighted by atomic mass is 16.3. The summed E-state index contributed by atoms with van der Waals surface area (Å²) in [6.07, 6.45) is 3.22. The molecule has 2 aliphatic heterocycles. The molecule has 0 aromatic carbocycles. The Morgan fingerprint density at radius 3 is 2.74 bits per heavy atom. The Balaban J connectivity index is 1.68. The van der Waals surface area contributed by atoms with Gasteiger partial charge in [0.2, 0.25) is 5.95 Å². The van der Waals surface area contributed by atoms with Crippen molar-refractivity contribution < 1.29 is 9.90 Å². The monoisotopic (exact) mass is 320 g/mol. The summed E-state index contributed by atoms with van der Waals surface area (Å²) >= 11 is 0. The van der Waals surface area contributed by atoms with Crippen molar-refractivity contribution in [3.63, 3.8) is 0 Å². The van der Waals surface area contributed by atoms with Gasteiger partial charge in [-0.05, 0) is 18.9 Å². The van der Waals surface area contributed by atoms with E-state index in [0.29, 0.717) is 32.1 Å². The maximum absolute atomic E-state index is 12.5. The molecule has 1 atom stereocenters. The number of nitrogens with one attached hydrogen (secondary N) is 1. The Morgan fingerprint density at radius 1 is 1.22 bits per heavy atom. The molecule has 3 rings (SSSR count). The van der Waals surface area contributed by atoms with Gasteiger partial charge >= 0.3 is 6.03 Å². The molecule has 2 aliphatic rings. The third-order valence-corrected chi connectivity index (χ3v) is 4.33. The molecule has 0 radical (unpaired) electrons. The van der Waals surface area contributed by atoms with Gasteiger partial charge in [-0.25, -0.2) is 9.78 Å². The first-order valence-electron chi connectivity index (χ1n) is 8.15. The van der Waals surface area contributed by atoms with Crippen molar-refractivity contribution in [2.45, 2.75) is 18.9 Å². The van der Waals surface area contributed by atoms with Gasteiger partial charge in [0.25, 0.3) is 0 Å². The van der Waals surface area contributed by atoms with Crippen LogP contribution in [-0.2, 0) is 0 Å². The van der Waals surface area contributed by atoms with Crippen molar-refractivity contribution in [3.05, 3.63) is 12.3 Å². The zero-order valence-corrected chi connectivity index (χ0v) is 13.5. The molecule has 0 aliphatic carbocycles. The summed E-state index contributed by atoms with van der Waals surface area (Å²) in [6.45, 7) is 3.61. The number of hydrogen-bond acceptors (Lipinski definition) is 6. The number of aliphatic hydroxyl groups excluding tert-OH is 1. The molecule has 1 aromatic rings. The van der Waals surface area contributed by atoms with E-state index < -0.39 is 6.10 Å². The van der Waals surface area contributed by atoms with Crippen LogP contribution in [0.25, 0.3) is 0 Å². The first kappa shape index (κ1) is 15.8. The molecule has 0 bridgehead atoms. The van der Waals surface area contributed by atoms with E-state index in [-0.39, 0.29) is 6.03 Å². The Labute approximate surface area is 136 Å². The molecule has 2 amide bonds. The lowest BCUT2D eigenvalue weighted by Gasteiger charge is -2.27. The molecular weight excluding hydrogens is 296 g/mol. The van der Waals surface area contributed by atoms with E-state index in [2.05, 4.69) is 15.3 Å². The van der Waals surface area contributed by atoms with Crippen LogP contribution < -0.4 is 10.2 Å². The molecule has 8 heteroatoms. The normalized spacial score (nSPS) is 22.2. The van der Waals surface area contributed by atoms with E-state index >= 15 is 0 Å². The van der Waals surface area contributed by atoms with Gasteiger partial charge in [0.1, 0.15) is 5.82 Å². The summed E-state index contributed by atoms with van der Waals surface area (Å²) < 4.78 is 0. The maximum atomic E-state index is 12.5. The van der Waals surface area contributed by atoms with Gasteiger partial charge in [-0.15, -0.1) is 0 Å². The third-order valence-electron chi connectivity index (χ3n) is 4.33. The summed E-state index contributed by atoms with van der Waals surface area (Å²) in [5, 5.41) is 13.3. The highest BCUT2D eigenvalue weighted by Gasteiger charge is 2.29. The molecule has 1 aromatic heterocycles. The van der Waals surface area contributed by atoms with Gasteiger partial charge in [-0.2, -0.15) is 4.98 Å². The summed E-state index contributed by atoms with van der Waals surface area (Å²) in [5.74, 6) is 1.31. The summed E-state index contributed by atoms with van der Waals surface area (Å²) in [4.78, 5) is 26.8. The summed E-state index contributed by atoms with van der Waals surface area (Å²) in [5.41, 5.74) is 0. The van der Waals surface area contributed by atoms with Crippen LogP contribution in [0.5, 0.6) is 0 Å². The molecule has 8 nitrogen and oxygen atoms in total. The lowest BCUT2D eigenvalue weighted by atomic mass is 10.3. The number of carbonyl (C=O) groups excluding carboxylic acids is 1. The largest absolute Gasteiger partial charge is 0.389 e. The minimum absolute atomic E-state index is 0.0355. The smallest absolute Gasteiger partial charge is 0.320 e. The minimum Gasteiger partial charge on any atom is -0.389 e. The van der Waals surface area contributed by atoms with Crippen LogP contribution in [0.15, 0.2) is 12.3 Å². The Hall–Kier alpha value is -2.09. The van der Waals surface area contributed by atoms with Gasteiger partial charge in [0.15, 0.2) is 0 Å². The minimum atomic E-state index is -0.606. The quantitative estimate of drug-likeness (QED) is 0.811. The number of aromatic nitrogens is 2. The topological polar surface area (TPSA) is 84.8 Å². The van der Waals surface area contributed by atoms with Gasteiger partial charge in [-0.1, -0.05) is 0 Å². The Morgan fingerprint density at radius 2 is 2.00 bits per heavy atom. The second-order valence-electron chi connectivity index (χ2n) is 6.01. The molecule has 3 heterocycles. The van der Waals surface area contributed by atoms with E-state index in [0.717, 1.165) is 31.7 Å². The fourth-order valence-corrected chi connectivity index (χ4v) is 3.09. The standard InChI is InChI=1S/C15H24N6O2/c1-16-13-4-5-17-14(18-13)20-8-9-21(11-12(22)10-20)15(23)19-6-2-3-7-19/h4-5,12,22H,2-3,6-11H2,1H3,(H,16,17,18)/t12-/m1/s1. The first-order valence-corrected chi connectivity index (χ1v) is 8.15. The number of aliphatic hydroxyl groups is 1. The molecule has 0 saturated carbocycles. The predicted octanol–water partition coefficient (Wildman–Crippen LogP) is 0.217. The second kappa shape index (κ2) is 6.99. The lowest BCUT2D eigenvalue weighted by Crippen LogP contribution is -2.45. The molecule has 126 valence electrons. The number of carbonyl (C=O) groups is 1. The van der Waals surface area contributed by atoms with Crippen molar-refractivity contribution >= 4 is 17.8 Å². The van der Waals surface area contributed by atoms with Gasteiger partial charge in [0, 0.05) is 46.0 Å². The number of β-amino-alcohol motifs (C(OH)–C–C–N with tert-alkyl or cyclic N) is 1. The van der Waals surface area contributed by atoms with E-state index in [9.17, 15) is 9.90 Å². The number of hydrogen-bond donors (Lipinski definition) is 2. The molecular formula is C15H24N6O2. The first-order chi connectivity index (χ1) is 11.2. The van der Waals surface area contributed by atoms with E-state index in [4.69, 9.17) is 0 Å². The van der Waals surface area contributed by atoms with Crippen LogP contribution in [-0.4, -0.2) is 83.3 Å². The highest BCUT2D eigenvalue weighted by molar-refractivity contribution is 5.75. The summed E-state index contributed by atoms with van der Waals surface area (Å²) in [6, 6.07) is 1.83. The van der Waals surface area contributed by atoms with Crippen LogP contribution in [0, 0.1) is 0 Å². The van der Waals surface area contributed by atoms with E-state index in [1.807, 2.05) is 9.80 Å². The van der Waals surface area contributed by atoms with Crippen LogP contribution in [0.1, 0.15) is 12.8 Å². The fraction of sp³-hybridized carbons (Fsp3) is 0.667. The Kier molecular flexibility index (Phi) is 4.80. The van der Waals surface area contributed by atoms with Crippen LogP contribution in [0.2, 0.25) is 0 Å². The molecule has 23 heavy (non-hydrogen) atoms. The fourth-order valence-electron chi connectivity index (χ4n) is 3.09. The number of nitrogens with zero attached hydrogens (tertiary/aromatic N) is 5. The average Bonchev–Trinajstić information content (AvgIpc) is 3.04. The predicted molar refractivity (Wildman–Crippen MR) is 87.6 cm³/mol. The SMILES string of the molecule is CNc1ccnc(N2CCN(C(=O)N3CCCC3)C[C@H](O)C2)n1. The average molecular weight is 320 g/mol. The number of likely N-dealkylation sites (tertiary alicyclic amines) is 1. The molecule has 0 unspecified atom stereocenters. The van der Waals surface area contributed by atoms with Gasteiger partial charge in [-0.3, -0.25) is 0 Å². The van der Waals surface area contributed by atoms with Gasteiger partial charge in [0.05, 0.1) is 12.6 Å². The van der Waals surface area contributed by atoms with Crippen molar-refractivity contribution in [1.29, 1.82) is 0 Å². The maximum Gasteiger partial charge on any atom is 0.320 e. The van der Waals surface area contributed by atoms with Crippen molar-refractivity contribution in [2.75, 3.05) is 56.5 Å². The molecule has 0 spiro atoms. The zero-order chi connectivity index (χ0) is 16.2. The number of amides is 2.